The van der Waals surface area contributed by atoms with E-state index in [0.29, 0.717) is 6.07 Å². The molecule has 148 valence electrons. The third kappa shape index (κ3) is 5.19. The summed E-state index contributed by atoms with van der Waals surface area (Å²) in [6, 6.07) is 5.43. The van der Waals surface area contributed by atoms with E-state index in [0.717, 1.165) is 37.3 Å². The molecule has 0 amide bonds. The van der Waals surface area contributed by atoms with Crippen LogP contribution in [0.15, 0.2) is 36.4 Å². The Balaban J connectivity index is 2.34. The second kappa shape index (κ2) is 8.26. The molecule has 0 aliphatic carbocycles. The summed E-state index contributed by atoms with van der Waals surface area (Å²) < 4.78 is 48.0. The molecule has 28 heavy (non-hydrogen) atoms. The van der Waals surface area contributed by atoms with E-state index in [1.165, 1.54) is 0 Å². The van der Waals surface area contributed by atoms with Crippen molar-refractivity contribution in [1.29, 1.82) is 0 Å². The van der Waals surface area contributed by atoms with Crippen molar-refractivity contribution in [3.05, 3.63) is 62.7 Å². The predicted molar refractivity (Wildman–Crippen MR) is 90.6 cm³/mol. The van der Waals surface area contributed by atoms with E-state index in [9.17, 15) is 32.9 Å². The van der Waals surface area contributed by atoms with Crippen molar-refractivity contribution in [3.8, 4) is 11.5 Å². The van der Waals surface area contributed by atoms with Crippen LogP contribution in [0.2, 0.25) is 5.02 Å². The summed E-state index contributed by atoms with van der Waals surface area (Å²) in [7, 11) is 0. The van der Waals surface area contributed by atoms with Gasteiger partial charge >= 0.3 is 12.1 Å². The van der Waals surface area contributed by atoms with Gasteiger partial charge in [0.25, 0.3) is 5.69 Å². The smallest absolute Gasteiger partial charge is 0.416 e. The molecule has 0 bridgehead atoms. The van der Waals surface area contributed by atoms with E-state index in [1.54, 1.807) is 0 Å². The summed E-state index contributed by atoms with van der Waals surface area (Å²) in [5, 5.41) is 10.7. The topological polar surface area (TPSA) is 95.7 Å². The molecule has 0 N–H and O–H groups in total. The molecule has 2 aromatic rings. The predicted octanol–water partition coefficient (Wildman–Crippen LogP) is 4.81. The monoisotopic (exact) mass is 417 g/mol. The molecule has 0 unspecified atom stereocenters. The second-order valence-corrected chi connectivity index (χ2v) is 5.87. The molecule has 0 aromatic heterocycles. The number of ether oxygens (including phenoxy) is 2. The minimum Gasteiger partial charge on any atom is -0.456 e. The quantitative estimate of drug-likeness (QED) is 0.380. The number of nitro benzene ring substituents is 1. The average molecular weight is 418 g/mol. The molecule has 0 heterocycles. The van der Waals surface area contributed by atoms with Gasteiger partial charge in [0, 0.05) is 12.1 Å². The van der Waals surface area contributed by atoms with Gasteiger partial charge in [-0.1, -0.05) is 11.6 Å². The van der Waals surface area contributed by atoms with Crippen LogP contribution in [0.4, 0.5) is 18.9 Å². The van der Waals surface area contributed by atoms with E-state index in [1.807, 2.05) is 0 Å². The molecule has 0 saturated heterocycles. The molecule has 0 aliphatic rings. The summed E-state index contributed by atoms with van der Waals surface area (Å²) >= 11 is 5.79. The van der Waals surface area contributed by atoms with Gasteiger partial charge in [-0.25, -0.2) is 4.79 Å². The number of hydrogen-bond donors (Lipinski definition) is 0. The first-order valence-electron chi connectivity index (χ1n) is 7.48. The highest BCUT2D eigenvalue weighted by atomic mass is 35.5. The van der Waals surface area contributed by atoms with Gasteiger partial charge in [0.2, 0.25) is 0 Å². The maximum absolute atomic E-state index is 12.7. The summed E-state index contributed by atoms with van der Waals surface area (Å²) in [6.07, 6.45) is -4.59. The van der Waals surface area contributed by atoms with E-state index in [-0.39, 0.29) is 16.5 Å². The summed E-state index contributed by atoms with van der Waals surface area (Å²) in [6.45, 7) is 0.583. The molecule has 2 aromatic carbocycles. The number of Topliss-reactive ketones (excluding diaryl/α,β-unsaturated/α-hetero) is 1. The molecule has 0 saturated carbocycles. The molecule has 0 atom stereocenters. The number of carbonyl (C=O) groups excluding carboxylic acids is 2. The number of nitrogens with zero attached hydrogens (tertiary/aromatic N) is 1. The number of rotatable bonds is 6. The molecular weight excluding hydrogens is 407 g/mol. The van der Waals surface area contributed by atoms with Crippen molar-refractivity contribution in [3.63, 3.8) is 0 Å². The fraction of sp³-hybridized carbons (Fsp3) is 0.176. The van der Waals surface area contributed by atoms with Gasteiger partial charge in [0.15, 0.2) is 5.78 Å². The van der Waals surface area contributed by atoms with Crippen LogP contribution in [0.1, 0.15) is 22.8 Å². The molecule has 0 spiro atoms. The van der Waals surface area contributed by atoms with Crippen molar-refractivity contribution in [2.24, 2.45) is 0 Å². The number of ketones is 1. The summed E-state index contributed by atoms with van der Waals surface area (Å²) in [5.74, 6) is -1.88. The number of benzene rings is 2. The Bertz CT molecular complexity index is 945. The fourth-order valence-electron chi connectivity index (χ4n) is 2.03. The van der Waals surface area contributed by atoms with Gasteiger partial charge in [-0.15, -0.1) is 0 Å². The summed E-state index contributed by atoms with van der Waals surface area (Å²) in [5.41, 5.74) is -2.08. The number of carbonyl (C=O) groups is 2. The Labute approximate surface area is 160 Å². The highest BCUT2D eigenvalue weighted by Gasteiger charge is 2.31. The Morgan fingerprint density at radius 3 is 2.39 bits per heavy atom. The third-order valence-corrected chi connectivity index (χ3v) is 3.57. The van der Waals surface area contributed by atoms with Crippen LogP contribution in [0.3, 0.4) is 0 Å². The molecule has 7 nitrogen and oxygen atoms in total. The SMILES string of the molecule is CC(=O)COC(=O)c1cc(Oc2ccc(C(F)(F)F)cc2Cl)ccc1[N+](=O)[O-]. The van der Waals surface area contributed by atoms with Crippen molar-refractivity contribution in [1.82, 2.24) is 0 Å². The Hall–Kier alpha value is -3.14. The zero-order valence-corrected chi connectivity index (χ0v) is 14.8. The first-order valence-corrected chi connectivity index (χ1v) is 7.86. The maximum Gasteiger partial charge on any atom is 0.416 e. The number of nitro groups is 1. The van der Waals surface area contributed by atoms with Crippen molar-refractivity contribution in [2.45, 2.75) is 13.1 Å². The average Bonchev–Trinajstić information content (AvgIpc) is 2.60. The molecule has 0 aliphatic heterocycles. The van der Waals surface area contributed by atoms with E-state index in [2.05, 4.69) is 4.74 Å². The largest absolute Gasteiger partial charge is 0.456 e. The molecule has 0 radical (unpaired) electrons. The lowest BCUT2D eigenvalue weighted by Gasteiger charge is -2.12. The highest BCUT2D eigenvalue weighted by molar-refractivity contribution is 6.32. The minimum absolute atomic E-state index is 0.109. The normalized spacial score (nSPS) is 11.0. The molecule has 11 heteroatoms. The lowest BCUT2D eigenvalue weighted by atomic mass is 10.1. The van der Waals surface area contributed by atoms with Gasteiger partial charge in [-0.2, -0.15) is 13.2 Å². The Morgan fingerprint density at radius 2 is 1.86 bits per heavy atom. The standard InChI is InChI=1S/C17H11ClF3NO6/c1-9(23)8-27-16(24)12-7-11(3-4-14(12)22(25)26)28-15-5-2-10(6-13(15)18)17(19,20)21/h2-7H,8H2,1H3. The number of halogens is 4. The molecule has 2 rings (SSSR count). The van der Waals surface area contributed by atoms with Crippen molar-refractivity contribution >= 4 is 29.0 Å². The van der Waals surface area contributed by atoms with E-state index < -0.39 is 46.3 Å². The van der Waals surface area contributed by atoms with Gasteiger partial charge in [-0.3, -0.25) is 14.9 Å². The molecule has 0 fully saturated rings. The lowest BCUT2D eigenvalue weighted by Crippen LogP contribution is -2.13. The van der Waals surface area contributed by atoms with Crippen LogP contribution < -0.4 is 4.74 Å². The van der Waals surface area contributed by atoms with E-state index >= 15 is 0 Å². The van der Waals surface area contributed by atoms with Gasteiger partial charge in [0.05, 0.1) is 15.5 Å². The van der Waals surface area contributed by atoms with Gasteiger partial charge < -0.3 is 9.47 Å². The van der Waals surface area contributed by atoms with Gasteiger partial charge in [0.1, 0.15) is 23.7 Å². The Morgan fingerprint density at radius 1 is 1.18 bits per heavy atom. The first-order chi connectivity index (χ1) is 13.0. The highest BCUT2D eigenvalue weighted by Crippen LogP contribution is 2.37. The molecular formula is C17H11ClF3NO6. The maximum atomic E-state index is 12.7. The van der Waals surface area contributed by atoms with Crippen LogP contribution >= 0.6 is 11.6 Å². The van der Waals surface area contributed by atoms with Crippen LogP contribution in [0.5, 0.6) is 11.5 Å². The van der Waals surface area contributed by atoms with Crippen molar-refractivity contribution < 1.29 is 37.2 Å². The minimum atomic E-state index is -4.59. The third-order valence-electron chi connectivity index (χ3n) is 3.28. The van der Waals surface area contributed by atoms with Crippen LogP contribution in [-0.2, 0) is 15.7 Å². The van der Waals surface area contributed by atoms with Crippen LogP contribution in [0.25, 0.3) is 0 Å². The fourth-order valence-corrected chi connectivity index (χ4v) is 2.25. The van der Waals surface area contributed by atoms with E-state index in [4.69, 9.17) is 16.3 Å². The first kappa shape index (κ1) is 21.2. The van der Waals surface area contributed by atoms with Crippen molar-refractivity contribution in [2.75, 3.05) is 6.61 Å². The zero-order valence-electron chi connectivity index (χ0n) is 14.1. The van der Waals surface area contributed by atoms with Crippen LogP contribution in [-0.4, -0.2) is 23.3 Å². The number of alkyl halides is 3. The zero-order chi connectivity index (χ0) is 21.1. The Kier molecular flexibility index (Phi) is 6.24. The number of hydrogen-bond acceptors (Lipinski definition) is 6. The number of esters is 1. The summed E-state index contributed by atoms with van der Waals surface area (Å²) in [4.78, 5) is 33.2. The lowest BCUT2D eigenvalue weighted by molar-refractivity contribution is -0.385. The van der Waals surface area contributed by atoms with Gasteiger partial charge in [-0.05, 0) is 31.2 Å². The second-order valence-electron chi connectivity index (χ2n) is 5.46. The van der Waals surface area contributed by atoms with Crippen LogP contribution in [0, 0.1) is 10.1 Å².